The molecule has 2 aliphatic rings. The molecule has 0 spiro atoms. The summed E-state index contributed by atoms with van der Waals surface area (Å²) >= 11 is 0. The second-order valence-corrected chi connectivity index (χ2v) is 26.4. The summed E-state index contributed by atoms with van der Waals surface area (Å²) < 4.78 is 13.9. The van der Waals surface area contributed by atoms with Crippen LogP contribution < -0.4 is 26.3 Å². The highest BCUT2D eigenvalue weighted by atomic mass is 16.4. The Bertz CT molecular complexity index is 3310. The Morgan fingerprint density at radius 3 is 1.43 bits per heavy atom. The van der Waals surface area contributed by atoms with E-state index in [1.807, 2.05) is 0 Å². The van der Waals surface area contributed by atoms with E-state index in [1.165, 1.54) is 50.0 Å². The fourth-order valence-corrected chi connectivity index (χ4v) is 10.3. The zero-order valence-electron chi connectivity index (χ0n) is 44.6. The van der Waals surface area contributed by atoms with Crippen molar-refractivity contribution in [1.29, 1.82) is 0 Å². The normalized spacial score (nSPS) is 14.4. The number of fused-ring (bicyclic) bond motifs is 7. The van der Waals surface area contributed by atoms with Crippen molar-refractivity contribution in [3.63, 3.8) is 0 Å². The summed E-state index contributed by atoms with van der Waals surface area (Å²) in [5.74, 6) is 1.35. The number of aromatic nitrogens is 1. The standard InChI is InChI=1S/C63H72BN3O2/c1-58(2,3)38-20-24-44(25-21-38)66-49-26-22-40(60(7,8)9)34-48(49)64-54-50(66)35-43(63(16,17)18)36-51(54)67(45-31-41(61(10,11)12)30-42(32-45)62(13,14)15)57-55(64)65-56(69-57)37-19-27-52-46(29-37)47-33-39(59(4,5)6)23-28-53(47)68-52/h19-36H,1-18H3. The largest absolute Gasteiger partial charge is 0.456 e. The van der Waals surface area contributed by atoms with Crippen LogP contribution in [-0.2, 0) is 32.5 Å². The average Bonchev–Trinajstić information content (AvgIpc) is 3.85. The molecule has 6 heteroatoms. The molecule has 0 fully saturated rings. The maximum atomic E-state index is 7.44. The lowest BCUT2D eigenvalue weighted by atomic mass is 9.35. The molecule has 6 aromatic carbocycles. The van der Waals surface area contributed by atoms with Crippen LogP contribution in [0.25, 0.3) is 33.4 Å². The molecule has 8 aromatic rings. The fraction of sp³-hybridized carbons (Fsp3) is 0.381. The van der Waals surface area contributed by atoms with Crippen molar-refractivity contribution in [2.75, 3.05) is 9.80 Å². The molecule has 0 saturated carbocycles. The molecule has 2 aliphatic heterocycles. The van der Waals surface area contributed by atoms with Crippen LogP contribution >= 0.6 is 0 Å². The first-order valence-corrected chi connectivity index (χ1v) is 25.1. The smallest absolute Gasteiger partial charge is 0.279 e. The van der Waals surface area contributed by atoms with Crippen LogP contribution in [0.15, 0.2) is 118 Å². The second-order valence-electron chi connectivity index (χ2n) is 26.4. The molecule has 0 amide bonds. The summed E-state index contributed by atoms with van der Waals surface area (Å²) in [5.41, 5.74) is 18.9. The zero-order valence-corrected chi connectivity index (χ0v) is 44.6. The van der Waals surface area contributed by atoms with Crippen LogP contribution in [0.5, 0.6) is 0 Å². The van der Waals surface area contributed by atoms with Crippen molar-refractivity contribution in [3.8, 4) is 11.5 Å². The van der Waals surface area contributed by atoms with Gasteiger partial charge in [-0.2, -0.15) is 0 Å². The lowest BCUT2D eigenvalue weighted by Crippen LogP contribution is -2.62. The third-order valence-corrected chi connectivity index (χ3v) is 14.8. The number of hydrogen-bond acceptors (Lipinski definition) is 5. The molecule has 0 N–H and O–H groups in total. The van der Waals surface area contributed by atoms with Crippen LogP contribution in [0.3, 0.4) is 0 Å². The number of rotatable bonds is 3. The topological polar surface area (TPSA) is 45.7 Å². The number of furan rings is 1. The van der Waals surface area contributed by atoms with Crippen molar-refractivity contribution in [3.05, 3.63) is 143 Å². The minimum absolute atomic E-state index is 0.00701. The van der Waals surface area contributed by atoms with Gasteiger partial charge in [0, 0.05) is 44.8 Å². The van der Waals surface area contributed by atoms with Gasteiger partial charge in [-0.1, -0.05) is 161 Å². The van der Waals surface area contributed by atoms with Gasteiger partial charge in [0.15, 0.2) is 0 Å². The SMILES string of the molecule is CC(C)(C)c1ccc(N2c3ccc(C(C)(C)C)cc3B3c4nc(-c5ccc6oc7ccc(C(C)(C)C)cc7c6c5)oc4N(c4cc(C(C)(C)C)cc(C(C)(C)C)c4)c4cc(C(C)(C)C)cc2c43)cc1. The summed E-state index contributed by atoms with van der Waals surface area (Å²) in [5, 5.41) is 2.16. The molecule has 0 saturated heterocycles. The van der Waals surface area contributed by atoms with E-state index >= 15 is 0 Å². The Morgan fingerprint density at radius 2 is 0.870 bits per heavy atom. The molecule has 10 rings (SSSR count). The highest BCUT2D eigenvalue weighted by Gasteiger charge is 2.48. The van der Waals surface area contributed by atoms with Gasteiger partial charge < -0.3 is 13.7 Å². The minimum atomic E-state index is -0.212. The van der Waals surface area contributed by atoms with E-state index in [0.29, 0.717) is 5.89 Å². The molecule has 354 valence electrons. The maximum Gasteiger partial charge on any atom is 0.279 e. The van der Waals surface area contributed by atoms with E-state index in [2.05, 4.69) is 244 Å². The second kappa shape index (κ2) is 15.2. The van der Waals surface area contributed by atoms with Crippen LogP contribution in [-0.4, -0.2) is 11.7 Å². The van der Waals surface area contributed by atoms with Crippen LogP contribution in [0, 0.1) is 0 Å². The Hall–Kier alpha value is -6.01. The Labute approximate surface area is 412 Å². The van der Waals surface area contributed by atoms with Gasteiger partial charge >= 0.3 is 0 Å². The Morgan fingerprint density at radius 1 is 0.391 bits per heavy atom. The van der Waals surface area contributed by atoms with E-state index in [9.17, 15) is 0 Å². The third-order valence-electron chi connectivity index (χ3n) is 14.8. The number of hydrogen-bond donors (Lipinski definition) is 0. The molecular formula is C63H72BN3O2. The van der Waals surface area contributed by atoms with Gasteiger partial charge in [-0.3, -0.25) is 4.90 Å². The minimum Gasteiger partial charge on any atom is -0.456 e. The van der Waals surface area contributed by atoms with E-state index in [4.69, 9.17) is 13.8 Å². The van der Waals surface area contributed by atoms with Gasteiger partial charge in [-0.05, 0) is 150 Å². The monoisotopic (exact) mass is 914 g/mol. The molecule has 5 nitrogen and oxygen atoms in total. The third kappa shape index (κ3) is 8.00. The van der Waals surface area contributed by atoms with Gasteiger partial charge in [0.2, 0.25) is 11.8 Å². The summed E-state index contributed by atoms with van der Waals surface area (Å²) in [4.78, 5) is 10.7. The van der Waals surface area contributed by atoms with Gasteiger partial charge in [-0.15, -0.1) is 0 Å². The Kier molecular flexibility index (Phi) is 10.3. The molecule has 0 bridgehead atoms. The van der Waals surface area contributed by atoms with E-state index in [0.717, 1.165) is 61.7 Å². The molecule has 69 heavy (non-hydrogen) atoms. The van der Waals surface area contributed by atoms with Crippen molar-refractivity contribution in [2.45, 2.75) is 157 Å². The van der Waals surface area contributed by atoms with Crippen molar-refractivity contribution >= 4 is 79.5 Å². The number of benzene rings is 6. The number of anilines is 6. The van der Waals surface area contributed by atoms with Gasteiger partial charge in [0.1, 0.15) is 11.2 Å². The zero-order chi connectivity index (χ0) is 49.7. The van der Waals surface area contributed by atoms with E-state index < -0.39 is 0 Å². The molecule has 0 aliphatic carbocycles. The van der Waals surface area contributed by atoms with Crippen LogP contribution in [0.4, 0.5) is 34.3 Å². The summed E-state index contributed by atoms with van der Waals surface area (Å²) in [7, 11) is 0. The molecule has 2 aromatic heterocycles. The van der Waals surface area contributed by atoms with E-state index in [1.54, 1.807) is 0 Å². The molecule has 0 radical (unpaired) electrons. The average molecular weight is 914 g/mol. The van der Waals surface area contributed by atoms with Crippen molar-refractivity contribution in [2.24, 2.45) is 0 Å². The quantitative estimate of drug-likeness (QED) is 0.165. The first-order valence-electron chi connectivity index (χ1n) is 25.1. The molecule has 4 heterocycles. The predicted molar refractivity (Wildman–Crippen MR) is 295 cm³/mol. The number of nitrogens with zero attached hydrogens (tertiary/aromatic N) is 3. The highest BCUT2D eigenvalue weighted by molar-refractivity contribution is 6.99. The summed E-state index contributed by atoms with van der Waals surface area (Å²) in [6, 6.07) is 41.6. The van der Waals surface area contributed by atoms with Gasteiger partial charge in [-0.25, -0.2) is 4.98 Å². The molecular weight excluding hydrogens is 842 g/mol. The van der Waals surface area contributed by atoms with E-state index in [-0.39, 0.29) is 39.2 Å². The fourth-order valence-electron chi connectivity index (χ4n) is 10.3. The van der Waals surface area contributed by atoms with Crippen molar-refractivity contribution in [1.82, 2.24) is 4.98 Å². The first kappa shape index (κ1) is 46.7. The molecule has 0 unspecified atom stereocenters. The number of oxazole rings is 1. The van der Waals surface area contributed by atoms with Crippen LogP contribution in [0.1, 0.15) is 158 Å². The van der Waals surface area contributed by atoms with Crippen LogP contribution in [0.2, 0.25) is 0 Å². The predicted octanol–water partition coefficient (Wildman–Crippen LogP) is 16.1. The molecule has 0 atom stereocenters. The Balaban J connectivity index is 1.31. The highest BCUT2D eigenvalue weighted by Crippen LogP contribution is 2.49. The van der Waals surface area contributed by atoms with Gasteiger partial charge in [0.25, 0.3) is 6.71 Å². The summed E-state index contributed by atoms with van der Waals surface area (Å²) in [6.07, 6.45) is 0. The van der Waals surface area contributed by atoms with Crippen molar-refractivity contribution < 1.29 is 8.83 Å². The maximum absolute atomic E-state index is 7.44. The lowest BCUT2D eigenvalue weighted by molar-refractivity contribution is 0.566. The summed E-state index contributed by atoms with van der Waals surface area (Å²) in [6.45, 7) is 41.3. The van der Waals surface area contributed by atoms with Gasteiger partial charge in [0.05, 0.1) is 5.59 Å². The first-order chi connectivity index (χ1) is 32.0. The lowest BCUT2D eigenvalue weighted by Gasteiger charge is -2.43.